The van der Waals surface area contributed by atoms with Crippen LogP contribution in [0.25, 0.3) is 0 Å². The summed E-state index contributed by atoms with van der Waals surface area (Å²) in [4.78, 5) is 2.24. The summed E-state index contributed by atoms with van der Waals surface area (Å²) in [5.74, 6) is 6.73. The van der Waals surface area contributed by atoms with Crippen LogP contribution in [0.15, 0.2) is 41.3 Å². The average Bonchev–Trinajstić information content (AvgIpc) is 3.14. The molecule has 2 aliphatic heterocycles. The van der Waals surface area contributed by atoms with Crippen LogP contribution < -0.4 is 25.4 Å². The number of fused-ring (bicyclic) bond motifs is 1. The largest absolute Gasteiger partial charge is 0.495 e. The van der Waals surface area contributed by atoms with Gasteiger partial charge in [-0.2, -0.15) is 13.2 Å². The van der Waals surface area contributed by atoms with E-state index in [0.717, 1.165) is 59.8 Å². The van der Waals surface area contributed by atoms with Gasteiger partial charge in [-0.3, -0.25) is 5.14 Å². The van der Waals surface area contributed by atoms with Gasteiger partial charge < -0.3 is 25.0 Å². The number of rotatable bonds is 7. The molecule has 6 nitrogen and oxygen atoms in total. The van der Waals surface area contributed by atoms with Gasteiger partial charge >= 0.3 is 6.18 Å². The summed E-state index contributed by atoms with van der Waals surface area (Å²) < 4.78 is 51.2. The Morgan fingerprint density at radius 1 is 1.22 bits per heavy atom. The molecule has 0 aromatic heterocycles. The van der Waals surface area contributed by atoms with Crippen LogP contribution in [0.5, 0.6) is 5.75 Å². The standard InChI is InChI=1S/C26H29F3N4O2S/c1-34-24-11-19(36-30)7-8-22(24)31-9-3-4-18-10-20-21(32-17-12-25(13-17)15-35-16-25)5-2-6-23(20)33(18)14-26(27,28)29/h2,5-8,11,17-18,31-32H,9-10,12-16,30H2,1H3. The summed E-state index contributed by atoms with van der Waals surface area (Å²) in [5, 5.41) is 12.4. The molecule has 4 N–H and O–H groups in total. The molecule has 5 rings (SSSR count). The molecule has 192 valence electrons. The highest BCUT2D eigenvalue weighted by molar-refractivity contribution is 7.97. The first-order valence-corrected chi connectivity index (χ1v) is 12.7. The number of alkyl halides is 3. The molecule has 2 heterocycles. The maximum atomic E-state index is 13.5. The zero-order chi connectivity index (χ0) is 25.3. The minimum atomic E-state index is -4.33. The fourth-order valence-electron chi connectivity index (χ4n) is 5.32. The van der Waals surface area contributed by atoms with Crippen molar-refractivity contribution < 1.29 is 22.6 Å². The number of nitrogens with zero attached hydrogens (tertiary/aromatic N) is 1. The van der Waals surface area contributed by atoms with E-state index < -0.39 is 18.8 Å². The van der Waals surface area contributed by atoms with Crippen molar-refractivity contribution in [2.75, 3.05) is 48.9 Å². The van der Waals surface area contributed by atoms with Crippen LogP contribution in [0.1, 0.15) is 18.4 Å². The molecule has 1 spiro atoms. The Labute approximate surface area is 213 Å². The number of halogens is 3. The second-order valence-electron chi connectivity index (χ2n) is 9.66. The number of ether oxygens (including phenoxy) is 2. The van der Waals surface area contributed by atoms with Gasteiger partial charge in [-0.25, -0.2) is 0 Å². The first kappa shape index (κ1) is 24.9. The maximum Gasteiger partial charge on any atom is 0.405 e. The van der Waals surface area contributed by atoms with Crippen LogP contribution in [-0.4, -0.2) is 51.7 Å². The van der Waals surface area contributed by atoms with E-state index in [1.807, 2.05) is 30.3 Å². The first-order chi connectivity index (χ1) is 17.3. The van der Waals surface area contributed by atoms with Gasteiger partial charge in [0.05, 0.1) is 38.6 Å². The summed E-state index contributed by atoms with van der Waals surface area (Å²) in [5.41, 5.74) is 3.46. The molecular weight excluding hydrogens is 489 g/mol. The molecule has 0 bridgehead atoms. The van der Waals surface area contributed by atoms with Crippen LogP contribution in [0.3, 0.4) is 0 Å². The molecule has 36 heavy (non-hydrogen) atoms. The predicted molar refractivity (Wildman–Crippen MR) is 137 cm³/mol. The van der Waals surface area contributed by atoms with Crippen molar-refractivity contribution in [1.29, 1.82) is 0 Å². The van der Waals surface area contributed by atoms with Crippen molar-refractivity contribution in [3.63, 3.8) is 0 Å². The third-order valence-electron chi connectivity index (χ3n) is 7.06. The Morgan fingerprint density at radius 2 is 2.03 bits per heavy atom. The third kappa shape index (κ3) is 5.19. The highest BCUT2D eigenvalue weighted by Gasteiger charge is 2.50. The molecule has 1 saturated carbocycles. The van der Waals surface area contributed by atoms with Gasteiger partial charge in [0.15, 0.2) is 0 Å². The van der Waals surface area contributed by atoms with E-state index in [1.165, 1.54) is 4.90 Å². The Kier molecular flexibility index (Phi) is 6.90. The highest BCUT2D eigenvalue weighted by atomic mass is 32.2. The molecule has 2 aromatic rings. The molecule has 2 fully saturated rings. The quantitative estimate of drug-likeness (QED) is 0.364. The van der Waals surface area contributed by atoms with Crippen LogP contribution in [-0.2, 0) is 11.2 Å². The zero-order valence-electron chi connectivity index (χ0n) is 20.0. The Morgan fingerprint density at radius 3 is 2.69 bits per heavy atom. The van der Waals surface area contributed by atoms with Crippen molar-refractivity contribution in [3.8, 4) is 17.6 Å². The lowest BCUT2D eigenvalue weighted by Gasteiger charge is -2.53. The maximum absolute atomic E-state index is 13.5. The van der Waals surface area contributed by atoms with Crippen molar-refractivity contribution in [2.24, 2.45) is 10.6 Å². The molecule has 1 atom stereocenters. The minimum Gasteiger partial charge on any atom is -0.495 e. The monoisotopic (exact) mass is 518 g/mol. The number of hydrogen-bond acceptors (Lipinski definition) is 7. The lowest BCUT2D eigenvalue weighted by Crippen LogP contribution is -2.56. The van der Waals surface area contributed by atoms with Crippen molar-refractivity contribution >= 4 is 29.0 Å². The SMILES string of the molecule is COc1cc(SN)ccc1NCC#CC1Cc2c(NC3CC4(COC4)C3)cccc2N1CC(F)(F)F. The number of nitrogens with one attached hydrogen (secondary N) is 2. The lowest BCUT2D eigenvalue weighted by atomic mass is 9.64. The molecule has 0 radical (unpaired) electrons. The molecule has 1 saturated heterocycles. The molecule has 3 aliphatic rings. The lowest BCUT2D eigenvalue weighted by molar-refractivity contribution is -0.159. The Bertz CT molecular complexity index is 1170. The fraction of sp³-hybridized carbons (Fsp3) is 0.462. The number of methoxy groups -OCH3 is 1. The summed E-state index contributed by atoms with van der Waals surface area (Å²) in [7, 11) is 1.57. The van der Waals surface area contributed by atoms with Crippen LogP contribution in [0.2, 0.25) is 0 Å². The summed E-state index contributed by atoms with van der Waals surface area (Å²) in [6.07, 6.45) is -1.82. The van der Waals surface area contributed by atoms with Crippen molar-refractivity contribution in [2.45, 2.75) is 42.4 Å². The number of nitrogens with two attached hydrogens (primary N) is 1. The van der Waals surface area contributed by atoms with E-state index in [0.29, 0.717) is 29.3 Å². The average molecular weight is 519 g/mol. The van der Waals surface area contributed by atoms with Gasteiger partial charge in [0.1, 0.15) is 12.3 Å². The van der Waals surface area contributed by atoms with E-state index in [2.05, 4.69) is 22.5 Å². The summed E-state index contributed by atoms with van der Waals surface area (Å²) >= 11 is 1.12. The molecule has 2 aromatic carbocycles. The predicted octanol–water partition coefficient (Wildman–Crippen LogP) is 4.66. The summed E-state index contributed by atoms with van der Waals surface area (Å²) in [6.45, 7) is 0.859. The Hall–Kier alpha value is -2.74. The molecule has 1 unspecified atom stereocenters. The topological polar surface area (TPSA) is 71.8 Å². The van der Waals surface area contributed by atoms with E-state index in [4.69, 9.17) is 14.6 Å². The number of hydrogen-bond donors (Lipinski definition) is 3. The summed E-state index contributed by atoms with van der Waals surface area (Å²) in [6, 6.07) is 10.8. The van der Waals surface area contributed by atoms with Crippen molar-refractivity contribution in [1.82, 2.24) is 0 Å². The molecular formula is C26H29F3N4O2S. The van der Waals surface area contributed by atoms with Crippen LogP contribution in [0.4, 0.5) is 30.2 Å². The van der Waals surface area contributed by atoms with Gasteiger partial charge in [-0.1, -0.05) is 17.9 Å². The normalized spacial score (nSPS) is 20.1. The van der Waals surface area contributed by atoms with E-state index in [9.17, 15) is 13.2 Å². The van der Waals surface area contributed by atoms with Gasteiger partial charge in [0.2, 0.25) is 0 Å². The van der Waals surface area contributed by atoms with Gasteiger partial charge in [0, 0.05) is 39.7 Å². The van der Waals surface area contributed by atoms with Crippen LogP contribution in [0, 0.1) is 17.3 Å². The third-order valence-corrected chi connectivity index (χ3v) is 7.59. The number of anilines is 3. The molecule has 0 amide bonds. The van der Waals surface area contributed by atoms with E-state index in [-0.39, 0.29) is 6.54 Å². The zero-order valence-corrected chi connectivity index (χ0v) is 20.8. The van der Waals surface area contributed by atoms with E-state index >= 15 is 0 Å². The van der Waals surface area contributed by atoms with Crippen LogP contribution >= 0.6 is 11.9 Å². The fourth-order valence-corrected chi connectivity index (χ4v) is 5.64. The molecule has 10 heteroatoms. The Balaban J connectivity index is 1.29. The number of benzene rings is 2. The van der Waals surface area contributed by atoms with Gasteiger partial charge in [-0.05, 0) is 55.1 Å². The first-order valence-electron chi connectivity index (χ1n) is 11.9. The van der Waals surface area contributed by atoms with Gasteiger partial charge in [0.25, 0.3) is 0 Å². The second kappa shape index (κ2) is 9.96. The smallest absolute Gasteiger partial charge is 0.405 e. The second-order valence-corrected chi connectivity index (χ2v) is 10.4. The van der Waals surface area contributed by atoms with Gasteiger partial charge in [-0.15, -0.1) is 0 Å². The van der Waals surface area contributed by atoms with Crippen molar-refractivity contribution in [3.05, 3.63) is 42.0 Å². The molecule has 1 aliphatic carbocycles. The van der Waals surface area contributed by atoms with E-state index in [1.54, 1.807) is 13.2 Å². The minimum absolute atomic E-state index is 0.273. The highest BCUT2D eigenvalue weighted by Crippen LogP contribution is 2.49.